The van der Waals surface area contributed by atoms with Gasteiger partial charge in [-0.05, 0) is 30.4 Å². The van der Waals surface area contributed by atoms with Gasteiger partial charge in [0.25, 0.3) is 0 Å². The summed E-state index contributed by atoms with van der Waals surface area (Å²) in [6, 6.07) is 2.38. The molecule has 0 bridgehead atoms. The molecule has 0 saturated heterocycles. The Morgan fingerprint density at radius 3 is 2.63 bits per heavy atom. The average Bonchev–Trinajstić information content (AvgIpc) is 2.87. The fourth-order valence-electron chi connectivity index (χ4n) is 2.73. The zero-order valence-corrected chi connectivity index (χ0v) is 12.5. The number of aromatic amines is 1. The predicted octanol–water partition coefficient (Wildman–Crippen LogP) is 2.72. The van der Waals surface area contributed by atoms with Gasteiger partial charge in [-0.1, -0.05) is 13.8 Å². The summed E-state index contributed by atoms with van der Waals surface area (Å²) in [6.45, 7) is 6.65. The van der Waals surface area contributed by atoms with Crippen LogP contribution in [0.1, 0.15) is 31.5 Å². The number of nitrogens with zero attached hydrogens (tertiary/aromatic N) is 1. The maximum absolute atomic E-state index is 5.32. The molecule has 0 saturated carbocycles. The van der Waals surface area contributed by atoms with Crippen LogP contribution < -0.4 is 0 Å². The Hall–Kier alpha value is -1.13. The molecule has 1 atom stereocenters. The maximum Gasteiger partial charge on any atom is 0.196 e. The van der Waals surface area contributed by atoms with Gasteiger partial charge in [-0.15, -0.1) is 0 Å². The minimum Gasteiger partial charge on any atom is -0.365 e. The highest BCUT2D eigenvalue weighted by atomic mass is 16.7. The van der Waals surface area contributed by atoms with Gasteiger partial charge < -0.3 is 14.5 Å². The molecule has 4 heteroatoms. The van der Waals surface area contributed by atoms with Crippen molar-refractivity contribution < 1.29 is 9.47 Å². The second-order valence-corrected chi connectivity index (χ2v) is 5.95. The third kappa shape index (κ3) is 2.90. The molecule has 0 aromatic carbocycles. The van der Waals surface area contributed by atoms with E-state index in [-0.39, 0.29) is 17.7 Å². The number of hydrogen-bond donors (Lipinski definition) is 1. The zero-order chi connectivity index (χ0) is 14.0. The molecule has 4 nitrogen and oxygen atoms in total. The highest BCUT2D eigenvalue weighted by Crippen LogP contribution is 2.37. The summed E-state index contributed by atoms with van der Waals surface area (Å²) in [6.07, 6.45) is 3.54. The summed E-state index contributed by atoms with van der Waals surface area (Å²) in [5.74, 6) is 0. The largest absolute Gasteiger partial charge is 0.365 e. The van der Waals surface area contributed by atoms with Gasteiger partial charge in [-0.25, -0.2) is 0 Å². The summed E-state index contributed by atoms with van der Waals surface area (Å²) >= 11 is 0. The van der Waals surface area contributed by atoms with Crippen LogP contribution in [-0.4, -0.2) is 37.2 Å². The lowest BCUT2D eigenvalue weighted by atomic mass is 9.81. The molecule has 0 aliphatic carbocycles. The number of aryl methyl sites for hydroxylation is 1. The van der Waals surface area contributed by atoms with Crippen LogP contribution in [0.4, 0.5) is 0 Å². The molecule has 0 fully saturated rings. The van der Waals surface area contributed by atoms with Gasteiger partial charge in [0.2, 0.25) is 0 Å². The first-order chi connectivity index (χ1) is 8.97. The highest BCUT2D eigenvalue weighted by Gasteiger charge is 2.39. The third-order valence-corrected chi connectivity index (χ3v) is 4.03. The van der Waals surface area contributed by atoms with E-state index in [0.29, 0.717) is 0 Å². The van der Waals surface area contributed by atoms with Crippen LogP contribution in [0.15, 0.2) is 17.3 Å². The Balaban J connectivity index is 2.17. The van der Waals surface area contributed by atoms with Crippen molar-refractivity contribution in [2.24, 2.45) is 10.4 Å². The Labute approximate surface area is 115 Å². The molecule has 0 radical (unpaired) electrons. The molecule has 0 spiro atoms. The van der Waals surface area contributed by atoms with E-state index in [9.17, 15) is 0 Å². The van der Waals surface area contributed by atoms with Gasteiger partial charge in [0.1, 0.15) is 0 Å². The molecule has 1 aromatic rings. The van der Waals surface area contributed by atoms with E-state index >= 15 is 0 Å². The quantitative estimate of drug-likeness (QED) is 0.831. The maximum atomic E-state index is 5.32. The number of rotatable bonds is 5. The summed E-state index contributed by atoms with van der Waals surface area (Å²) in [5.41, 5.74) is 3.73. The van der Waals surface area contributed by atoms with Crippen LogP contribution in [0.25, 0.3) is 0 Å². The van der Waals surface area contributed by atoms with E-state index in [2.05, 4.69) is 31.8 Å². The first kappa shape index (κ1) is 14.3. The lowest BCUT2D eigenvalue weighted by Crippen LogP contribution is -2.28. The minimum absolute atomic E-state index is 0.141. The van der Waals surface area contributed by atoms with E-state index in [1.807, 2.05) is 6.20 Å². The van der Waals surface area contributed by atoms with Crippen molar-refractivity contribution in [2.75, 3.05) is 14.2 Å². The van der Waals surface area contributed by atoms with E-state index < -0.39 is 0 Å². The van der Waals surface area contributed by atoms with Crippen molar-refractivity contribution in [1.29, 1.82) is 0 Å². The molecular weight excluding hydrogens is 240 g/mol. The standard InChI is InChI=1S/C15H24N2O2/c1-10-6-7-16-11(10)8-13-15(2,3)9-12(17-13)14(18-4)19-5/h6-7,13-14,16H,8-9H2,1-5H3. The first-order valence-electron chi connectivity index (χ1n) is 6.73. The summed E-state index contributed by atoms with van der Waals surface area (Å²) < 4.78 is 10.6. The number of hydrogen-bond acceptors (Lipinski definition) is 3. The molecule has 0 amide bonds. The van der Waals surface area contributed by atoms with Crippen LogP contribution in [0.5, 0.6) is 0 Å². The molecule has 1 aliphatic rings. The monoisotopic (exact) mass is 264 g/mol. The predicted molar refractivity (Wildman–Crippen MR) is 76.7 cm³/mol. The Bertz CT molecular complexity index is 458. The van der Waals surface area contributed by atoms with Crippen LogP contribution in [0.2, 0.25) is 0 Å². The third-order valence-electron chi connectivity index (χ3n) is 4.03. The van der Waals surface area contributed by atoms with Crippen LogP contribution >= 0.6 is 0 Å². The van der Waals surface area contributed by atoms with Gasteiger partial charge in [-0.2, -0.15) is 0 Å². The van der Waals surface area contributed by atoms with Gasteiger partial charge in [0, 0.05) is 32.5 Å². The molecule has 2 rings (SSSR count). The van der Waals surface area contributed by atoms with E-state index in [1.165, 1.54) is 11.3 Å². The van der Waals surface area contributed by atoms with Gasteiger partial charge >= 0.3 is 0 Å². The van der Waals surface area contributed by atoms with Crippen molar-refractivity contribution in [2.45, 2.75) is 45.9 Å². The van der Waals surface area contributed by atoms with E-state index in [1.54, 1.807) is 14.2 Å². The molecular formula is C15H24N2O2. The fourth-order valence-corrected chi connectivity index (χ4v) is 2.73. The molecule has 1 unspecified atom stereocenters. The normalized spacial score (nSPS) is 22.0. The second-order valence-electron chi connectivity index (χ2n) is 5.95. The molecule has 1 aliphatic heterocycles. The van der Waals surface area contributed by atoms with E-state index in [0.717, 1.165) is 18.6 Å². The SMILES string of the molecule is COC(OC)C1=NC(Cc2[nH]ccc2C)C(C)(C)C1. The van der Waals surface area contributed by atoms with Crippen LogP contribution in [-0.2, 0) is 15.9 Å². The summed E-state index contributed by atoms with van der Waals surface area (Å²) in [4.78, 5) is 8.16. The second kappa shape index (κ2) is 5.47. The zero-order valence-electron chi connectivity index (χ0n) is 12.5. The lowest BCUT2D eigenvalue weighted by molar-refractivity contribution is -0.0532. The van der Waals surface area contributed by atoms with Crippen LogP contribution in [0.3, 0.4) is 0 Å². The molecule has 2 heterocycles. The molecule has 19 heavy (non-hydrogen) atoms. The minimum atomic E-state index is -0.311. The average molecular weight is 264 g/mol. The number of methoxy groups -OCH3 is 2. The van der Waals surface area contributed by atoms with Gasteiger partial charge in [0.05, 0.1) is 11.8 Å². The number of aliphatic imine (C=N–C) groups is 1. The van der Waals surface area contributed by atoms with Crippen molar-refractivity contribution in [3.05, 3.63) is 23.5 Å². The number of nitrogens with one attached hydrogen (secondary N) is 1. The summed E-state index contributed by atoms with van der Waals surface area (Å²) in [5, 5.41) is 0. The Morgan fingerprint density at radius 1 is 1.42 bits per heavy atom. The van der Waals surface area contributed by atoms with Crippen LogP contribution in [0, 0.1) is 12.3 Å². The smallest absolute Gasteiger partial charge is 0.196 e. The van der Waals surface area contributed by atoms with Crippen molar-refractivity contribution in [3.8, 4) is 0 Å². The van der Waals surface area contributed by atoms with Crippen molar-refractivity contribution in [1.82, 2.24) is 4.98 Å². The van der Waals surface area contributed by atoms with E-state index in [4.69, 9.17) is 14.5 Å². The highest BCUT2D eigenvalue weighted by molar-refractivity contribution is 5.90. The van der Waals surface area contributed by atoms with Gasteiger partial charge in [0.15, 0.2) is 6.29 Å². The fraction of sp³-hybridized carbons (Fsp3) is 0.667. The van der Waals surface area contributed by atoms with Gasteiger partial charge in [-0.3, -0.25) is 4.99 Å². The lowest BCUT2D eigenvalue weighted by Gasteiger charge is -2.25. The summed E-state index contributed by atoms with van der Waals surface area (Å²) in [7, 11) is 3.32. The molecule has 106 valence electrons. The topological polar surface area (TPSA) is 46.6 Å². The van der Waals surface area contributed by atoms with Crippen molar-refractivity contribution >= 4 is 5.71 Å². The Morgan fingerprint density at radius 2 is 2.11 bits per heavy atom. The molecule has 1 N–H and O–H groups in total. The molecule has 1 aromatic heterocycles. The number of H-pyrrole nitrogens is 1. The van der Waals surface area contributed by atoms with Crippen molar-refractivity contribution in [3.63, 3.8) is 0 Å². The Kier molecular flexibility index (Phi) is 4.11. The number of aromatic nitrogens is 1. The number of ether oxygens (including phenoxy) is 2. The first-order valence-corrected chi connectivity index (χ1v) is 6.73.